The first-order chi connectivity index (χ1) is 4.71. The van der Waals surface area contributed by atoms with Crippen LogP contribution in [0, 0.1) is 0 Å². The predicted molar refractivity (Wildman–Crippen MR) is 43.0 cm³/mol. The molecular formula is C8H18FN. The van der Waals surface area contributed by atoms with Crippen LogP contribution in [0.1, 0.15) is 33.6 Å². The lowest BCUT2D eigenvalue weighted by atomic mass is 9.99. The molecule has 0 amide bonds. The minimum atomic E-state index is -0.932. The van der Waals surface area contributed by atoms with Gasteiger partial charge in [0.15, 0.2) is 0 Å². The van der Waals surface area contributed by atoms with Gasteiger partial charge in [0, 0.05) is 6.54 Å². The van der Waals surface area contributed by atoms with E-state index in [9.17, 15) is 4.39 Å². The second kappa shape index (κ2) is 4.67. The fourth-order valence-corrected chi connectivity index (χ4v) is 1.02. The molecule has 0 aromatic heterocycles. The van der Waals surface area contributed by atoms with E-state index in [4.69, 9.17) is 0 Å². The summed E-state index contributed by atoms with van der Waals surface area (Å²) in [4.78, 5) is 0. The van der Waals surface area contributed by atoms with Crippen LogP contribution in [0.2, 0.25) is 0 Å². The van der Waals surface area contributed by atoms with Crippen molar-refractivity contribution in [2.75, 3.05) is 13.1 Å². The Morgan fingerprint density at radius 2 is 2.00 bits per heavy atom. The Morgan fingerprint density at radius 1 is 1.40 bits per heavy atom. The second-order valence-corrected chi connectivity index (χ2v) is 2.69. The molecule has 0 aromatic carbocycles. The van der Waals surface area contributed by atoms with Crippen LogP contribution in [-0.4, -0.2) is 18.8 Å². The minimum absolute atomic E-state index is 0.535. The third-order valence-electron chi connectivity index (χ3n) is 1.55. The standard InChI is InChI=1S/C6H12FN.C2H6/c1-6(7)3-2-4-8-5-6;1-2/h8H,2-5H2,1H3;1-2H3/t6-;/m1./s1. The predicted octanol–water partition coefficient (Wildman–Crippen LogP) is 2.12. The van der Waals surface area contributed by atoms with Gasteiger partial charge in [-0.1, -0.05) is 13.8 Å². The molecule has 1 saturated heterocycles. The largest absolute Gasteiger partial charge is 0.314 e. The average Bonchev–Trinajstić information content (AvgIpc) is 1.92. The number of hydrogen-bond donors (Lipinski definition) is 1. The Morgan fingerprint density at radius 3 is 2.20 bits per heavy atom. The Kier molecular flexibility index (Phi) is 4.62. The summed E-state index contributed by atoms with van der Waals surface area (Å²) in [6, 6.07) is 0. The van der Waals surface area contributed by atoms with Crippen molar-refractivity contribution >= 4 is 0 Å². The number of hydrogen-bond acceptors (Lipinski definition) is 1. The van der Waals surface area contributed by atoms with Crippen LogP contribution in [0.4, 0.5) is 4.39 Å². The number of rotatable bonds is 0. The molecule has 1 nitrogen and oxygen atoms in total. The normalized spacial score (nSPS) is 32.4. The highest BCUT2D eigenvalue weighted by Gasteiger charge is 2.24. The summed E-state index contributed by atoms with van der Waals surface area (Å²) < 4.78 is 12.8. The van der Waals surface area contributed by atoms with E-state index in [-0.39, 0.29) is 0 Å². The van der Waals surface area contributed by atoms with E-state index in [0.717, 1.165) is 19.4 Å². The van der Waals surface area contributed by atoms with Gasteiger partial charge in [0.25, 0.3) is 0 Å². The van der Waals surface area contributed by atoms with Crippen LogP contribution in [-0.2, 0) is 0 Å². The molecule has 1 rings (SSSR count). The molecule has 1 atom stereocenters. The number of nitrogens with one attached hydrogen (secondary N) is 1. The van der Waals surface area contributed by atoms with Crippen LogP contribution < -0.4 is 5.32 Å². The Hall–Kier alpha value is -0.110. The molecule has 1 fully saturated rings. The zero-order valence-electron chi connectivity index (χ0n) is 7.21. The smallest absolute Gasteiger partial charge is 0.120 e. The molecule has 1 heterocycles. The first kappa shape index (κ1) is 9.89. The molecule has 10 heavy (non-hydrogen) atoms. The van der Waals surface area contributed by atoms with Gasteiger partial charge in [-0.25, -0.2) is 4.39 Å². The highest BCUT2D eigenvalue weighted by molar-refractivity contribution is 4.80. The number of piperidine rings is 1. The van der Waals surface area contributed by atoms with Crippen LogP contribution in [0.3, 0.4) is 0 Å². The van der Waals surface area contributed by atoms with E-state index in [1.54, 1.807) is 6.92 Å². The van der Waals surface area contributed by atoms with Crippen LogP contribution >= 0.6 is 0 Å². The minimum Gasteiger partial charge on any atom is -0.314 e. The van der Waals surface area contributed by atoms with Crippen molar-refractivity contribution in [1.29, 1.82) is 0 Å². The van der Waals surface area contributed by atoms with Crippen molar-refractivity contribution in [3.05, 3.63) is 0 Å². The summed E-state index contributed by atoms with van der Waals surface area (Å²) in [6.45, 7) is 7.17. The molecule has 2 heteroatoms. The van der Waals surface area contributed by atoms with E-state index in [1.807, 2.05) is 13.8 Å². The third-order valence-corrected chi connectivity index (χ3v) is 1.55. The lowest BCUT2D eigenvalue weighted by Crippen LogP contribution is -2.39. The fraction of sp³-hybridized carbons (Fsp3) is 1.00. The van der Waals surface area contributed by atoms with Crippen molar-refractivity contribution < 1.29 is 4.39 Å². The molecule has 0 spiro atoms. The molecular weight excluding hydrogens is 129 g/mol. The molecule has 1 aliphatic heterocycles. The zero-order chi connectivity index (χ0) is 8.04. The third kappa shape index (κ3) is 3.83. The monoisotopic (exact) mass is 147 g/mol. The summed E-state index contributed by atoms with van der Waals surface area (Å²) in [5.74, 6) is 0. The van der Waals surface area contributed by atoms with Crippen molar-refractivity contribution in [3.8, 4) is 0 Å². The van der Waals surface area contributed by atoms with Crippen LogP contribution in [0.25, 0.3) is 0 Å². The average molecular weight is 147 g/mol. The van der Waals surface area contributed by atoms with E-state index in [2.05, 4.69) is 5.32 Å². The molecule has 62 valence electrons. The maximum atomic E-state index is 12.8. The summed E-state index contributed by atoms with van der Waals surface area (Å²) >= 11 is 0. The Bertz CT molecular complexity index is 73.3. The van der Waals surface area contributed by atoms with Crippen molar-refractivity contribution in [3.63, 3.8) is 0 Å². The fourth-order valence-electron chi connectivity index (χ4n) is 1.02. The van der Waals surface area contributed by atoms with E-state index in [0.29, 0.717) is 6.54 Å². The maximum absolute atomic E-state index is 12.8. The molecule has 1 N–H and O–H groups in total. The second-order valence-electron chi connectivity index (χ2n) is 2.69. The van der Waals surface area contributed by atoms with E-state index in [1.165, 1.54) is 0 Å². The summed E-state index contributed by atoms with van der Waals surface area (Å²) in [5, 5.41) is 3.00. The molecule has 0 saturated carbocycles. The van der Waals surface area contributed by atoms with Crippen molar-refractivity contribution in [2.45, 2.75) is 39.3 Å². The first-order valence-corrected chi connectivity index (χ1v) is 4.10. The summed E-state index contributed by atoms with van der Waals surface area (Å²) in [5.41, 5.74) is -0.932. The van der Waals surface area contributed by atoms with Gasteiger partial charge in [-0.3, -0.25) is 0 Å². The van der Waals surface area contributed by atoms with Crippen molar-refractivity contribution in [2.24, 2.45) is 0 Å². The maximum Gasteiger partial charge on any atom is 0.120 e. The van der Waals surface area contributed by atoms with Gasteiger partial charge >= 0.3 is 0 Å². The molecule has 0 aliphatic carbocycles. The lowest BCUT2D eigenvalue weighted by molar-refractivity contribution is 0.145. The summed E-state index contributed by atoms with van der Waals surface area (Å²) in [6.07, 6.45) is 1.70. The molecule has 0 unspecified atom stereocenters. The molecule has 1 aliphatic rings. The van der Waals surface area contributed by atoms with Gasteiger partial charge in [0.2, 0.25) is 0 Å². The van der Waals surface area contributed by atoms with Crippen LogP contribution in [0.5, 0.6) is 0 Å². The molecule has 0 radical (unpaired) electrons. The Labute approximate surface area is 63.0 Å². The number of alkyl halides is 1. The quantitative estimate of drug-likeness (QED) is 0.553. The van der Waals surface area contributed by atoms with Gasteiger partial charge in [0.05, 0.1) is 0 Å². The molecule has 0 aromatic rings. The Balaban J connectivity index is 0.000000371. The summed E-state index contributed by atoms with van der Waals surface area (Å²) in [7, 11) is 0. The molecule has 0 bridgehead atoms. The highest BCUT2D eigenvalue weighted by Crippen LogP contribution is 2.18. The van der Waals surface area contributed by atoms with Gasteiger partial charge in [0.1, 0.15) is 5.67 Å². The van der Waals surface area contributed by atoms with Gasteiger partial charge in [-0.2, -0.15) is 0 Å². The van der Waals surface area contributed by atoms with Crippen LogP contribution in [0.15, 0.2) is 0 Å². The number of halogens is 1. The van der Waals surface area contributed by atoms with Gasteiger partial charge in [-0.05, 0) is 26.3 Å². The SMILES string of the molecule is CC.C[C@@]1(F)CCCNC1. The highest BCUT2D eigenvalue weighted by atomic mass is 19.1. The van der Waals surface area contributed by atoms with Gasteiger partial charge < -0.3 is 5.32 Å². The topological polar surface area (TPSA) is 12.0 Å². The lowest BCUT2D eigenvalue weighted by Gasteiger charge is -2.25. The van der Waals surface area contributed by atoms with Crippen molar-refractivity contribution in [1.82, 2.24) is 5.32 Å². The van der Waals surface area contributed by atoms with E-state index < -0.39 is 5.67 Å². The van der Waals surface area contributed by atoms with Gasteiger partial charge in [-0.15, -0.1) is 0 Å². The zero-order valence-corrected chi connectivity index (χ0v) is 7.21. The van der Waals surface area contributed by atoms with E-state index >= 15 is 0 Å². The first-order valence-electron chi connectivity index (χ1n) is 4.10.